The number of aryl methyl sites for hydroxylation is 1. The van der Waals surface area contributed by atoms with E-state index in [9.17, 15) is 0 Å². The topological polar surface area (TPSA) is 21.3 Å². The minimum Gasteiger partial charge on any atom is -0.492 e. The van der Waals surface area contributed by atoms with Crippen molar-refractivity contribution < 1.29 is 4.74 Å². The Hall–Kier alpha value is -1.02. The van der Waals surface area contributed by atoms with Crippen molar-refractivity contribution in [3.05, 3.63) is 29.3 Å². The first-order valence-corrected chi connectivity index (χ1v) is 7.11. The maximum absolute atomic E-state index is 5.92. The molecule has 2 nitrogen and oxygen atoms in total. The average molecular weight is 247 g/mol. The molecule has 0 radical (unpaired) electrons. The number of hydrogen-bond donors (Lipinski definition) is 1. The van der Waals surface area contributed by atoms with Crippen molar-refractivity contribution in [2.45, 2.75) is 39.5 Å². The van der Waals surface area contributed by atoms with E-state index < -0.39 is 0 Å². The largest absolute Gasteiger partial charge is 0.492 e. The molecule has 1 aliphatic rings. The molecule has 1 aromatic rings. The molecule has 1 N–H and O–H groups in total. The van der Waals surface area contributed by atoms with E-state index in [2.05, 4.69) is 44.3 Å². The lowest BCUT2D eigenvalue weighted by atomic mass is 10.0. The average Bonchev–Trinajstić information content (AvgIpc) is 3.12. The highest BCUT2D eigenvalue weighted by Crippen LogP contribution is 2.28. The van der Waals surface area contributed by atoms with Crippen LogP contribution in [0, 0.1) is 12.8 Å². The lowest BCUT2D eigenvalue weighted by Crippen LogP contribution is -2.23. The van der Waals surface area contributed by atoms with Crippen LogP contribution in [0.15, 0.2) is 18.2 Å². The summed E-state index contributed by atoms with van der Waals surface area (Å²) in [6.07, 6.45) is 2.81. The quantitative estimate of drug-likeness (QED) is 0.745. The second-order valence-electron chi connectivity index (χ2n) is 5.69. The number of ether oxygens (including phenoxy) is 1. The zero-order valence-electron chi connectivity index (χ0n) is 11.8. The Bertz CT molecular complexity index is 383. The maximum atomic E-state index is 5.92. The molecule has 0 unspecified atom stereocenters. The molecule has 2 heteroatoms. The molecule has 1 fully saturated rings. The van der Waals surface area contributed by atoms with Gasteiger partial charge in [0, 0.05) is 6.54 Å². The molecule has 0 aromatic heterocycles. The van der Waals surface area contributed by atoms with E-state index in [-0.39, 0.29) is 0 Å². The monoisotopic (exact) mass is 247 g/mol. The van der Waals surface area contributed by atoms with E-state index in [1.807, 2.05) is 0 Å². The summed E-state index contributed by atoms with van der Waals surface area (Å²) in [5, 5.41) is 3.46. The van der Waals surface area contributed by atoms with Crippen LogP contribution in [0.4, 0.5) is 0 Å². The summed E-state index contributed by atoms with van der Waals surface area (Å²) in [5.74, 6) is 2.51. The van der Waals surface area contributed by atoms with Gasteiger partial charge in [0.25, 0.3) is 0 Å². The predicted octanol–water partition coefficient (Wildman–Crippen LogP) is 3.50. The van der Waals surface area contributed by atoms with Gasteiger partial charge in [0.15, 0.2) is 0 Å². The van der Waals surface area contributed by atoms with Gasteiger partial charge in [-0.05, 0) is 55.3 Å². The van der Waals surface area contributed by atoms with Gasteiger partial charge in [-0.15, -0.1) is 0 Å². The van der Waals surface area contributed by atoms with Crippen LogP contribution in [-0.4, -0.2) is 19.7 Å². The smallest absolute Gasteiger partial charge is 0.123 e. The van der Waals surface area contributed by atoms with Crippen molar-refractivity contribution in [2.75, 3.05) is 19.7 Å². The van der Waals surface area contributed by atoms with Gasteiger partial charge in [-0.25, -0.2) is 0 Å². The zero-order valence-corrected chi connectivity index (χ0v) is 11.8. The molecule has 0 atom stereocenters. The fourth-order valence-electron chi connectivity index (χ4n) is 2.10. The molecule has 0 bridgehead atoms. The van der Waals surface area contributed by atoms with E-state index in [4.69, 9.17) is 4.74 Å². The highest BCUT2D eigenvalue weighted by atomic mass is 16.5. The molecule has 0 spiro atoms. The van der Waals surface area contributed by atoms with Crippen molar-refractivity contribution in [1.82, 2.24) is 5.32 Å². The SMILES string of the molecule is Cc1ccc(C(C)C)c(OCCNCC2CC2)c1. The second-order valence-corrected chi connectivity index (χ2v) is 5.69. The molecule has 1 saturated carbocycles. The molecule has 0 saturated heterocycles. The fourth-order valence-corrected chi connectivity index (χ4v) is 2.10. The number of rotatable bonds is 7. The van der Waals surface area contributed by atoms with Crippen molar-refractivity contribution in [2.24, 2.45) is 5.92 Å². The van der Waals surface area contributed by atoms with Crippen LogP contribution in [0.3, 0.4) is 0 Å². The van der Waals surface area contributed by atoms with Gasteiger partial charge in [-0.1, -0.05) is 26.0 Å². The Morgan fingerprint density at radius 2 is 2.11 bits per heavy atom. The van der Waals surface area contributed by atoms with Gasteiger partial charge in [0.05, 0.1) is 0 Å². The van der Waals surface area contributed by atoms with E-state index >= 15 is 0 Å². The Morgan fingerprint density at radius 3 is 2.78 bits per heavy atom. The highest BCUT2D eigenvalue weighted by molar-refractivity contribution is 5.39. The summed E-state index contributed by atoms with van der Waals surface area (Å²) in [4.78, 5) is 0. The Labute approximate surface area is 111 Å². The summed E-state index contributed by atoms with van der Waals surface area (Å²) in [6.45, 7) is 9.40. The molecule has 100 valence electrons. The van der Waals surface area contributed by atoms with Crippen LogP contribution in [0.25, 0.3) is 0 Å². The van der Waals surface area contributed by atoms with Crippen LogP contribution < -0.4 is 10.1 Å². The van der Waals surface area contributed by atoms with E-state index in [0.29, 0.717) is 5.92 Å². The molecule has 0 heterocycles. The van der Waals surface area contributed by atoms with Crippen LogP contribution in [-0.2, 0) is 0 Å². The lowest BCUT2D eigenvalue weighted by Gasteiger charge is -2.15. The molecule has 0 amide bonds. The van der Waals surface area contributed by atoms with Gasteiger partial charge in [-0.3, -0.25) is 0 Å². The Balaban J connectivity index is 1.80. The van der Waals surface area contributed by atoms with Crippen molar-refractivity contribution in [3.8, 4) is 5.75 Å². The zero-order chi connectivity index (χ0) is 13.0. The molecular formula is C16H25NO. The van der Waals surface area contributed by atoms with Crippen LogP contribution in [0.2, 0.25) is 0 Å². The third kappa shape index (κ3) is 4.02. The van der Waals surface area contributed by atoms with E-state index in [1.54, 1.807) is 0 Å². The summed E-state index contributed by atoms with van der Waals surface area (Å²) in [5.41, 5.74) is 2.57. The summed E-state index contributed by atoms with van der Waals surface area (Å²) < 4.78 is 5.92. The molecule has 1 aliphatic carbocycles. The van der Waals surface area contributed by atoms with Crippen molar-refractivity contribution in [3.63, 3.8) is 0 Å². The number of hydrogen-bond acceptors (Lipinski definition) is 2. The molecular weight excluding hydrogens is 222 g/mol. The summed E-state index contributed by atoms with van der Waals surface area (Å²) in [6, 6.07) is 6.50. The molecule has 2 rings (SSSR count). The minimum absolute atomic E-state index is 0.514. The number of nitrogens with one attached hydrogen (secondary N) is 1. The van der Waals surface area contributed by atoms with Gasteiger partial charge in [0.2, 0.25) is 0 Å². The normalized spacial score (nSPS) is 15.1. The van der Waals surface area contributed by atoms with Gasteiger partial charge in [-0.2, -0.15) is 0 Å². The first-order chi connectivity index (χ1) is 8.66. The van der Waals surface area contributed by atoms with Crippen molar-refractivity contribution in [1.29, 1.82) is 0 Å². The third-order valence-corrected chi connectivity index (χ3v) is 3.46. The lowest BCUT2D eigenvalue weighted by molar-refractivity contribution is 0.309. The first-order valence-electron chi connectivity index (χ1n) is 7.11. The molecule has 0 aliphatic heterocycles. The second kappa shape index (κ2) is 6.24. The van der Waals surface area contributed by atoms with Gasteiger partial charge < -0.3 is 10.1 Å². The highest BCUT2D eigenvalue weighted by Gasteiger charge is 2.19. The molecule has 1 aromatic carbocycles. The van der Waals surface area contributed by atoms with Crippen LogP contribution in [0.1, 0.15) is 43.7 Å². The third-order valence-electron chi connectivity index (χ3n) is 3.46. The standard InChI is InChI=1S/C16H25NO/c1-12(2)15-7-4-13(3)10-16(15)18-9-8-17-11-14-5-6-14/h4,7,10,12,14,17H,5-6,8-9,11H2,1-3H3. The predicted molar refractivity (Wildman–Crippen MR) is 76.4 cm³/mol. The first kappa shape index (κ1) is 13.4. The van der Waals surface area contributed by atoms with Gasteiger partial charge in [0.1, 0.15) is 12.4 Å². The maximum Gasteiger partial charge on any atom is 0.123 e. The van der Waals surface area contributed by atoms with Crippen LogP contribution >= 0.6 is 0 Å². The van der Waals surface area contributed by atoms with Crippen LogP contribution in [0.5, 0.6) is 5.75 Å². The summed E-state index contributed by atoms with van der Waals surface area (Å²) >= 11 is 0. The summed E-state index contributed by atoms with van der Waals surface area (Å²) in [7, 11) is 0. The van der Waals surface area contributed by atoms with Crippen molar-refractivity contribution >= 4 is 0 Å². The van der Waals surface area contributed by atoms with Gasteiger partial charge >= 0.3 is 0 Å². The Kier molecular flexibility index (Phi) is 4.65. The van der Waals surface area contributed by atoms with E-state index in [0.717, 1.165) is 31.4 Å². The van der Waals surface area contributed by atoms with E-state index in [1.165, 1.54) is 24.0 Å². The number of benzene rings is 1. The Morgan fingerprint density at radius 1 is 1.33 bits per heavy atom. The molecule has 18 heavy (non-hydrogen) atoms. The fraction of sp³-hybridized carbons (Fsp3) is 0.625. The minimum atomic E-state index is 0.514.